The first-order chi connectivity index (χ1) is 9.99. The van der Waals surface area contributed by atoms with Gasteiger partial charge in [-0.05, 0) is 29.1 Å². The maximum absolute atomic E-state index is 11.2. The van der Waals surface area contributed by atoms with E-state index in [-0.39, 0.29) is 21.2 Å². The van der Waals surface area contributed by atoms with Gasteiger partial charge in [0.2, 0.25) is 0 Å². The van der Waals surface area contributed by atoms with Crippen molar-refractivity contribution in [3.8, 4) is 11.8 Å². The number of allylic oxidation sites excluding steroid dienone is 1. The van der Waals surface area contributed by atoms with Crippen molar-refractivity contribution >= 4 is 47.3 Å². The third-order valence-electron chi connectivity index (χ3n) is 2.96. The van der Waals surface area contributed by atoms with Crippen LogP contribution in [0.15, 0.2) is 34.6 Å². The molecule has 2 rings (SSSR count). The first-order valence-electron chi connectivity index (χ1n) is 5.73. The SMILES string of the molecule is COc1ccc2cc(C(C#N)=C([S-])[S-])ccc2c1[N+](=O)[O-]. The Labute approximate surface area is 131 Å². The Kier molecular flexibility index (Phi) is 4.21. The average molecular weight is 316 g/mol. The molecule has 0 fully saturated rings. The molecule has 0 aromatic heterocycles. The summed E-state index contributed by atoms with van der Waals surface area (Å²) < 4.78 is 5.08. The third-order valence-corrected chi connectivity index (χ3v) is 3.37. The van der Waals surface area contributed by atoms with Gasteiger partial charge in [0.05, 0.1) is 23.5 Å². The zero-order valence-corrected chi connectivity index (χ0v) is 12.5. The van der Waals surface area contributed by atoms with Crippen molar-refractivity contribution in [2.24, 2.45) is 0 Å². The summed E-state index contributed by atoms with van der Waals surface area (Å²) in [5.41, 5.74) is 0.644. The molecule has 0 unspecified atom stereocenters. The number of nitrogens with zero attached hydrogens (tertiary/aromatic N) is 2. The summed E-state index contributed by atoms with van der Waals surface area (Å²) in [7, 11) is 1.37. The number of methoxy groups -OCH3 is 1. The molecule has 0 atom stereocenters. The second-order valence-electron chi connectivity index (χ2n) is 4.08. The van der Waals surface area contributed by atoms with Crippen LogP contribution in [0.2, 0.25) is 0 Å². The summed E-state index contributed by atoms with van der Waals surface area (Å²) >= 11 is 9.71. The van der Waals surface area contributed by atoms with Crippen molar-refractivity contribution < 1.29 is 9.66 Å². The highest BCUT2D eigenvalue weighted by Gasteiger charge is 2.19. The normalized spacial score (nSPS) is 9.90. The van der Waals surface area contributed by atoms with Crippen LogP contribution in [0.25, 0.3) is 16.3 Å². The molecule has 0 heterocycles. The highest BCUT2D eigenvalue weighted by molar-refractivity contribution is 7.85. The number of benzene rings is 2. The third kappa shape index (κ3) is 2.72. The van der Waals surface area contributed by atoms with Gasteiger partial charge < -0.3 is 34.2 Å². The topological polar surface area (TPSA) is 76.2 Å². The first kappa shape index (κ1) is 15.0. The summed E-state index contributed by atoms with van der Waals surface area (Å²) in [6.45, 7) is 0. The van der Waals surface area contributed by atoms with E-state index in [9.17, 15) is 10.1 Å². The van der Waals surface area contributed by atoms with Crippen molar-refractivity contribution in [2.75, 3.05) is 7.11 Å². The van der Waals surface area contributed by atoms with Gasteiger partial charge in [-0.25, -0.2) is 0 Å². The summed E-state index contributed by atoms with van der Waals surface area (Å²) in [5, 5.41) is 21.3. The number of fused-ring (bicyclic) bond motifs is 1. The number of rotatable bonds is 3. The van der Waals surface area contributed by atoms with Crippen LogP contribution in [0.4, 0.5) is 5.69 Å². The van der Waals surface area contributed by atoms with E-state index in [1.165, 1.54) is 13.2 Å². The molecule has 2 aromatic carbocycles. The minimum Gasteiger partial charge on any atom is -0.806 e. The second-order valence-corrected chi connectivity index (χ2v) is 5.16. The van der Waals surface area contributed by atoms with Crippen LogP contribution >= 0.6 is 0 Å². The van der Waals surface area contributed by atoms with E-state index in [1.807, 2.05) is 6.07 Å². The van der Waals surface area contributed by atoms with Gasteiger partial charge in [-0.1, -0.05) is 12.1 Å². The van der Waals surface area contributed by atoms with Gasteiger partial charge in [0.15, 0.2) is 5.75 Å². The van der Waals surface area contributed by atoms with Crippen LogP contribution in [-0.2, 0) is 25.3 Å². The molecule has 0 spiro atoms. The lowest BCUT2D eigenvalue weighted by Crippen LogP contribution is -1.95. The van der Waals surface area contributed by atoms with Crippen LogP contribution in [-0.4, -0.2) is 12.0 Å². The Morgan fingerprint density at radius 2 is 2.05 bits per heavy atom. The number of ether oxygens (including phenoxy) is 1. The number of nitriles is 1. The quantitative estimate of drug-likeness (QED) is 0.375. The van der Waals surface area contributed by atoms with E-state index < -0.39 is 4.92 Å². The highest BCUT2D eigenvalue weighted by atomic mass is 32.2. The van der Waals surface area contributed by atoms with Crippen molar-refractivity contribution in [3.05, 3.63) is 50.2 Å². The predicted molar refractivity (Wildman–Crippen MR) is 84.4 cm³/mol. The molecule has 2 aromatic rings. The summed E-state index contributed by atoms with van der Waals surface area (Å²) in [6.07, 6.45) is 0. The van der Waals surface area contributed by atoms with Gasteiger partial charge in [0.25, 0.3) is 0 Å². The van der Waals surface area contributed by atoms with E-state index in [2.05, 4.69) is 0 Å². The maximum atomic E-state index is 11.2. The van der Waals surface area contributed by atoms with Crippen molar-refractivity contribution in [1.82, 2.24) is 0 Å². The Morgan fingerprint density at radius 3 is 2.57 bits per heavy atom. The van der Waals surface area contributed by atoms with E-state index in [1.54, 1.807) is 24.3 Å². The molecule has 0 bridgehead atoms. The molecule has 0 N–H and O–H groups in total. The van der Waals surface area contributed by atoms with Crippen LogP contribution in [0.5, 0.6) is 5.75 Å². The molecule has 21 heavy (non-hydrogen) atoms. The lowest BCUT2D eigenvalue weighted by Gasteiger charge is -2.21. The fourth-order valence-electron chi connectivity index (χ4n) is 2.03. The van der Waals surface area contributed by atoms with Gasteiger partial charge in [0, 0.05) is 5.57 Å². The zero-order chi connectivity index (χ0) is 15.6. The molecule has 106 valence electrons. The molecule has 0 aliphatic heterocycles. The Hall–Kier alpha value is -2.43. The summed E-state index contributed by atoms with van der Waals surface area (Å²) in [4.78, 5) is 10.7. The van der Waals surface area contributed by atoms with Gasteiger partial charge >= 0.3 is 5.69 Å². The summed E-state index contributed by atoms with van der Waals surface area (Å²) in [5.74, 6) is 0.184. The van der Waals surface area contributed by atoms with Crippen molar-refractivity contribution in [1.29, 1.82) is 5.26 Å². The molecule has 0 aliphatic carbocycles. The lowest BCUT2D eigenvalue weighted by atomic mass is 10.0. The molecular formula is C14H8N2O3S2-2. The largest absolute Gasteiger partial charge is 0.806 e. The van der Waals surface area contributed by atoms with E-state index in [4.69, 9.17) is 35.3 Å². The van der Waals surface area contributed by atoms with E-state index in [0.717, 1.165) is 0 Å². The molecule has 0 saturated carbocycles. The van der Waals surface area contributed by atoms with Gasteiger partial charge in [-0.15, -0.1) is 0 Å². The van der Waals surface area contributed by atoms with Crippen molar-refractivity contribution in [3.63, 3.8) is 0 Å². The molecule has 0 amide bonds. The van der Waals surface area contributed by atoms with Crippen LogP contribution < -0.4 is 4.74 Å². The zero-order valence-electron chi connectivity index (χ0n) is 10.8. The molecule has 0 radical (unpaired) electrons. The molecule has 0 aliphatic rings. The minimum atomic E-state index is -0.493. The number of nitro groups is 1. The Morgan fingerprint density at radius 1 is 1.33 bits per heavy atom. The van der Waals surface area contributed by atoms with E-state index >= 15 is 0 Å². The first-order valence-corrected chi connectivity index (χ1v) is 6.55. The fraction of sp³-hybridized carbons (Fsp3) is 0.0714. The van der Waals surface area contributed by atoms with Gasteiger partial charge in [-0.3, -0.25) is 10.1 Å². The van der Waals surface area contributed by atoms with E-state index in [0.29, 0.717) is 16.3 Å². The smallest absolute Gasteiger partial charge is 0.318 e. The standard InChI is InChI=1S/C14H10N2O3S2/c1-19-12-5-3-8-6-9(11(7-15)14(20)21)2-4-10(8)13(12)16(17)18/h2-6,20-21H,1H3/p-2. The van der Waals surface area contributed by atoms with Crippen LogP contribution in [0.3, 0.4) is 0 Å². The molecular weight excluding hydrogens is 308 g/mol. The van der Waals surface area contributed by atoms with Crippen molar-refractivity contribution in [2.45, 2.75) is 0 Å². The fourth-order valence-corrected chi connectivity index (χ4v) is 2.36. The second kappa shape index (κ2) is 5.91. The van der Waals surface area contributed by atoms with Crippen LogP contribution in [0.1, 0.15) is 5.56 Å². The lowest BCUT2D eigenvalue weighted by molar-refractivity contribution is -0.383. The van der Waals surface area contributed by atoms with Gasteiger partial charge in [0.1, 0.15) is 0 Å². The molecule has 5 nitrogen and oxygen atoms in total. The number of hydrogen-bond acceptors (Lipinski definition) is 6. The van der Waals surface area contributed by atoms with Crippen LogP contribution in [0, 0.1) is 21.4 Å². The Bertz CT molecular complexity index is 806. The minimum absolute atomic E-state index is 0.0693. The Balaban J connectivity index is 2.76. The number of hydrogen-bond donors (Lipinski definition) is 0. The highest BCUT2D eigenvalue weighted by Crippen LogP contribution is 2.36. The van der Waals surface area contributed by atoms with Gasteiger partial charge in [-0.2, -0.15) is 5.26 Å². The predicted octanol–water partition coefficient (Wildman–Crippen LogP) is 3.04. The summed E-state index contributed by atoms with van der Waals surface area (Å²) in [6, 6.07) is 9.96. The molecule has 0 saturated heterocycles. The average Bonchev–Trinajstić information content (AvgIpc) is 2.45. The monoisotopic (exact) mass is 316 g/mol. The maximum Gasteiger partial charge on any atom is 0.318 e. The number of nitro benzene ring substituents is 1. The molecule has 7 heteroatoms.